The third-order valence-electron chi connectivity index (χ3n) is 4.94. The second-order valence-electron chi connectivity index (χ2n) is 7.51. The predicted molar refractivity (Wildman–Crippen MR) is 84.4 cm³/mol. The Bertz CT molecular complexity index is 504. The van der Waals surface area contributed by atoms with Crippen LogP contribution in [0.25, 0.3) is 0 Å². The van der Waals surface area contributed by atoms with Gasteiger partial charge in [-0.2, -0.15) is 0 Å². The number of nitrogens with one attached hydrogen (secondary N) is 2. The minimum absolute atomic E-state index is 0.0341. The van der Waals surface area contributed by atoms with E-state index in [1.165, 1.54) is 7.05 Å². The van der Waals surface area contributed by atoms with E-state index in [1.807, 2.05) is 20.8 Å². The van der Waals surface area contributed by atoms with Crippen molar-refractivity contribution in [3.63, 3.8) is 0 Å². The lowest BCUT2D eigenvalue weighted by Gasteiger charge is -2.38. The van der Waals surface area contributed by atoms with Crippen LogP contribution in [0.5, 0.6) is 0 Å². The molecule has 0 aromatic carbocycles. The number of carbonyl (C=O) groups excluding carboxylic acids is 3. The summed E-state index contributed by atoms with van der Waals surface area (Å²) in [5.74, 6) is -0.815. The topological polar surface area (TPSA) is 98.7 Å². The van der Waals surface area contributed by atoms with Gasteiger partial charge in [0.2, 0.25) is 17.7 Å². The van der Waals surface area contributed by atoms with Crippen molar-refractivity contribution in [2.75, 3.05) is 13.7 Å². The quantitative estimate of drug-likeness (QED) is 0.665. The molecule has 2 saturated heterocycles. The number of nitrogens with zero attached hydrogens (tertiary/aromatic N) is 1. The molecular formula is C16H27N3O4. The second-order valence-corrected chi connectivity index (χ2v) is 7.51. The molecule has 0 radical (unpaired) electrons. The smallest absolute Gasteiger partial charge is 0.246 e. The van der Waals surface area contributed by atoms with Crippen LogP contribution < -0.4 is 10.6 Å². The van der Waals surface area contributed by atoms with E-state index in [-0.39, 0.29) is 17.9 Å². The highest BCUT2D eigenvalue weighted by Crippen LogP contribution is 2.48. The van der Waals surface area contributed by atoms with E-state index >= 15 is 0 Å². The molecule has 0 aromatic rings. The number of fused-ring (bicyclic) bond motifs is 2. The Morgan fingerprint density at radius 3 is 2.26 bits per heavy atom. The van der Waals surface area contributed by atoms with Gasteiger partial charge in [0.25, 0.3) is 0 Å². The van der Waals surface area contributed by atoms with Crippen LogP contribution in [0, 0.1) is 5.41 Å². The van der Waals surface area contributed by atoms with Crippen molar-refractivity contribution in [1.82, 2.24) is 15.5 Å². The zero-order valence-corrected chi connectivity index (χ0v) is 14.3. The first-order chi connectivity index (χ1) is 10.7. The van der Waals surface area contributed by atoms with Crippen LogP contribution in [0.4, 0.5) is 0 Å². The summed E-state index contributed by atoms with van der Waals surface area (Å²) < 4.78 is 0. The number of hydrogen-bond acceptors (Lipinski definition) is 4. The minimum Gasteiger partial charge on any atom is -0.394 e. The summed E-state index contributed by atoms with van der Waals surface area (Å²) in [6.07, 6.45) is 2.83. The van der Waals surface area contributed by atoms with Crippen molar-refractivity contribution in [3.05, 3.63) is 0 Å². The number of amides is 3. The van der Waals surface area contributed by atoms with Crippen molar-refractivity contribution in [2.24, 2.45) is 5.41 Å². The molecule has 2 rings (SSSR count). The summed E-state index contributed by atoms with van der Waals surface area (Å²) in [5, 5.41) is 14.4. The Balaban J connectivity index is 2.23. The molecule has 23 heavy (non-hydrogen) atoms. The highest BCUT2D eigenvalue weighted by atomic mass is 16.3. The van der Waals surface area contributed by atoms with Gasteiger partial charge in [0.05, 0.1) is 6.61 Å². The van der Waals surface area contributed by atoms with E-state index in [2.05, 4.69) is 10.6 Å². The first kappa shape index (κ1) is 17.7. The molecule has 0 aliphatic carbocycles. The van der Waals surface area contributed by atoms with Crippen molar-refractivity contribution in [3.8, 4) is 0 Å². The Kier molecular flexibility index (Phi) is 4.71. The number of aliphatic hydroxyl groups excluding tert-OH is 1. The highest BCUT2D eigenvalue weighted by Gasteiger charge is 2.59. The molecule has 0 saturated carbocycles. The van der Waals surface area contributed by atoms with E-state index in [0.717, 1.165) is 12.8 Å². The third kappa shape index (κ3) is 2.94. The van der Waals surface area contributed by atoms with Crippen molar-refractivity contribution in [2.45, 2.75) is 64.1 Å². The normalized spacial score (nSPS) is 27.7. The highest BCUT2D eigenvalue weighted by molar-refractivity contribution is 5.97. The maximum Gasteiger partial charge on any atom is 0.246 e. The zero-order valence-electron chi connectivity index (χ0n) is 14.3. The standard InChI is InChI=1S/C16H27N3O4/c1-15(2,3)14(23)19-10-5-7-16(19,8-6-10)13(22)18-11(9-20)12(21)17-4/h10-11,20H,5-9H2,1-4H3,(H,17,21)(H,18,22)/t10?,11-,16?/m0/s1. The molecule has 3 amide bonds. The molecule has 2 aliphatic rings. The predicted octanol–water partition coefficient (Wildman–Crippen LogP) is -0.221. The number of likely N-dealkylation sites (N-methyl/N-ethyl adjacent to an activating group) is 1. The van der Waals surface area contributed by atoms with E-state index in [9.17, 15) is 19.5 Å². The van der Waals surface area contributed by atoms with Gasteiger partial charge < -0.3 is 20.6 Å². The summed E-state index contributed by atoms with van der Waals surface area (Å²) in [6, 6.07) is -0.895. The molecule has 2 aliphatic heterocycles. The Morgan fingerprint density at radius 2 is 1.83 bits per heavy atom. The average Bonchev–Trinajstić information content (AvgIpc) is 3.06. The van der Waals surface area contributed by atoms with E-state index in [4.69, 9.17) is 0 Å². The SMILES string of the molecule is CNC(=O)[C@H](CO)NC(=O)C12CCC(CC1)N2C(=O)C(C)(C)C. The van der Waals surface area contributed by atoms with Gasteiger partial charge in [0, 0.05) is 18.5 Å². The van der Waals surface area contributed by atoms with Gasteiger partial charge in [0.15, 0.2) is 0 Å². The van der Waals surface area contributed by atoms with Gasteiger partial charge in [0.1, 0.15) is 11.6 Å². The van der Waals surface area contributed by atoms with Gasteiger partial charge in [-0.05, 0) is 25.7 Å². The lowest BCUT2D eigenvalue weighted by Crippen LogP contribution is -2.61. The van der Waals surface area contributed by atoms with Crippen LogP contribution in [0.3, 0.4) is 0 Å². The fourth-order valence-corrected chi connectivity index (χ4v) is 3.65. The molecule has 7 nitrogen and oxygen atoms in total. The third-order valence-corrected chi connectivity index (χ3v) is 4.94. The van der Waals surface area contributed by atoms with Gasteiger partial charge in [-0.25, -0.2) is 0 Å². The number of aliphatic hydroxyl groups is 1. The Labute approximate surface area is 136 Å². The molecule has 0 aromatic heterocycles. The van der Waals surface area contributed by atoms with Crippen LogP contribution >= 0.6 is 0 Å². The first-order valence-corrected chi connectivity index (χ1v) is 8.14. The summed E-state index contributed by atoms with van der Waals surface area (Å²) >= 11 is 0. The summed E-state index contributed by atoms with van der Waals surface area (Å²) in [4.78, 5) is 39.1. The lowest BCUT2D eigenvalue weighted by atomic mass is 9.85. The zero-order chi connectivity index (χ0) is 17.4. The monoisotopic (exact) mass is 325 g/mol. The molecule has 2 heterocycles. The number of rotatable bonds is 4. The van der Waals surface area contributed by atoms with Gasteiger partial charge in [-0.3, -0.25) is 14.4 Å². The number of hydrogen-bond donors (Lipinski definition) is 3. The van der Waals surface area contributed by atoms with Gasteiger partial charge in [-0.1, -0.05) is 20.8 Å². The van der Waals surface area contributed by atoms with Crippen LogP contribution in [0.1, 0.15) is 46.5 Å². The minimum atomic E-state index is -0.992. The van der Waals surface area contributed by atoms with Crippen LogP contribution in [0.2, 0.25) is 0 Å². The molecule has 7 heteroatoms. The first-order valence-electron chi connectivity index (χ1n) is 8.14. The van der Waals surface area contributed by atoms with E-state index < -0.39 is 29.5 Å². The summed E-state index contributed by atoms with van der Waals surface area (Å²) in [7, 11) is 1.45. The molecule has 2 bridgehead atoms. The van der Waals surface area contributed by atoms with Crippen molar-refractivity contribution >= 4 is 17.7 Å². The van der Waals surface area contributed by atoms with Crippen molar-refractivity contribution in [1.29, 1.82) is 0 Å². The average molecular weight is 325 g/mol. The fourth-order valence-electron chi connectivity index (χ4n) is 3.65. The molecular weight excluding hydrogens is 298 g/mol. The summed E-state index contributed by atoms with van der Waals surface area (Å²) in [5.41, 5.74) is -1.44. The maximum absolute atomic E-state index is 12.9. The Hall–Kier alpha value is -1.63. The molecule has 0 spiro atoms. The fraction of sp³-hybridized carbons (Fsp3) is 0.812. The Morgan fingerprint density at radius 1 is 1.26 bits per heavy atom. The van der Waals surface area contributed by atoms with Crippen LogP contribution in [-0.4, -0.2) is 59.0 Å². The largest absolute Gasteiger partial charge is 0.394 e. The van der Waals surface area contributed by atoms with Gasteiger partial charge in [-0.15, -0.1) is 0 Å². The van der Waals surface area contributed by atoms with E-state index in [1.54, 1.807) is 4.90 Å². The molecule has 130 valence electrons. The van der Waals surface area contributed by atoms with Gasteiger partial charge >= 0.3 is 0 Å². The van der Waals surface area contributed by atoms with E-state index in [0.29, 0.717) is 12.8 Å². The van der Waals surface area contributed by atoms with Crippen LogP contribution in [-0.2, 0) is 14.4 Å². The summed E-state index contributed by atoms with van der Waals surface area (Å²) in [6.45, 7) is 5.07. The molecule has 2 fully saturated rings. The number of carbonyl (C=O) groups is 3. The second kappa shape index (κ2) is 6.11. The lowest BCUT2D eigenvalue weighted by molar-refractivity contribution is -0.150. The molecule has 3 N–H and O–H groups in total. The molecule has 0 unspecified atom stereocenters. The maximum atomic E-state index is 12.9. The molecule has 1 atom stereocenters. The van der Waals surface area contributed by atoms with Crippen molar-refractivity contribution < 1.29 is 19.5 Å². The van der Waals surface area contributed by atoms with Crippen LogP contribution in [0.15, 0.2) is 0 Å².